The molecule has 90 valence electrons. The van der Waals surface area contributed by atoms with Crippen LogP contribution in [0.25, 0.3) is 0 Å². The molecule has 0 heterocycles. The summed E-state index contributed by atoms with van der Waals surface area (Å²) in [6.07, 6.45) is 0. The first-order chi connectivity index (χ1) is 8.77. The minimum atomic E-state index is -0.566. The molecule has 0 atom stereocenters. The van der Waals surface area contributed by atoms with Crippen molar-refractivity contribution in [2.45, 2.75) is 6.92 Å². The summed E-state index contributed by atoms with van der Waals surface area (Å²) in [4.78, 5) is 11.2. The smallest absolute Gasteiger partial charge is 0.193 e. The van der Waals surface area contributed by atoms with Crippen LogP contribution in [0.5, 0.6) is 0 Å². The van der Waals surface area contributed by atoms with Gasteiger partial charge in [-0.15, -0.1) is 0 Å². The van der Waals surface area contributed by atoms with Crippen LogP contribution in [0.1, 0.15) is 6.92 Å². The van der Waals surface area contributed by atoms with Gasteiger partial charge in [0.25, 0.3) is 0 Å². The molecule has 0 saturated carbocycles. The predicted molar refractivity (Wildman–Crippen MR) is 83.4 cm³/mol. The second-order valence-corrected chi connectivity index (χ2v) is 7.18. The molecular weight excluding hydrogens is 259 g/mol. The molecule has 0 saturated heterocycles. The molecule has 0 bridgehead atoms. The second kappa shape index (κ2) is 6.53. The van der Waals surface area contributed by atoms with Crippen LogP contribution in [-0.2, 0) is 4.79 Å². The molecule has 2 aromatic carbocycles. The fraction of sp³-hybridized carbons (Fsp3) is 0.0667. The summed E-state index contributed by atoms with van der Waals surface area (Å²) in [5.41, 5.74) is 0. The maximum Gasteiger partial charge on any atom is 0.193 e. The van der Waals surface area contributed by atoms with Gasteiger partial charge in [-0.25, -0.2) is 0 Å². The van der Waals surface area contributed by atoms with E-state index in [4.69, 9.17) is 0 Å². The van der Waals surface area contributed by atoms with Crippen LogP contribution in [0.3, 0.4) is 0 Å². The Morgan fingerprint density at radius 3 is 1.78 bits per heavy atom. The average Bonchev–Trinajstić information content (AvgIpc) is 2.41. The molecule has 0 amide bonds. The Morgan fingerprint density at radius 1 is 0.944 bits per heavy atom. The Bertz CT molecular complexity index is 508. The molecule has 1 nitrogen and oxygen atoms in total. The third-order valence-electron chi connectivity index (χ3n) is 2.39. The minimum Gasteiger partial charge on any atom is -0.287 e. The van der Waals surface area contributed by atoms with Crippen molar-refractivity contribution >= 4 is 40.2 Å². The number of thioether (sulfide) groups is 1. The standard InChI is InChI=1S/C15H14OPS/c1-13(16)18-12-17(14-8-4-2-5-9-14)15-10-6-3-7-11-15/h2-12H,1H3/q+1. The van der Waals surface area contributed by atoms with Crippen LogP contribution in [-0.4, -0.2) is 10.2 Å². The third-order valence-corrected chi connectivity index (χ3v) is 5.70. The zero-order valence-corrected chi connectivity index (χ0v) is 11.8. The van der Waals surface area contributed by atoms with E-state index in [0.29, 0.717) is 0 Å². The van der Waals surface area contributed by atoms with Crippen molar-refractivity contribution in [2.75, 3.05) is 0 Å². The van der Waals surface area contributed by atoms with Crippen molar-refractivity contribution in [1.82, 2.24) is 0 Å². The van der Waals surface area contributed by atoms with E-state index in [-0.39, 0.29) is 5.12 Å². The largest absolute Gasteiger partial charge is 0.287 e. The van der Waals surface area contributed by atoms with Crippen molar-refractivity contribution in [3.05, 3.63) is 60.7 Å². The number of benzene rings is 2. The minimum absolute atomic E-state index is 0.134. The highest BCUT2D eigenvalue weighted by molar-refractivity contribution is 8.29. The molecule has 0 N–H and O–H groups in total. The molecule has 0 aliphatic heterocycles. The summed E-state index contributed by atoms with van der Waals surface area (Å²) in [7, 11) is -0.566. The molecule has 0 aliphatic carbocycles. The number of hydrogen-bond acceptors (Lipinski definition) is 2. The van der Waals surface area contributed by atoms with Gasteiger partial charge in [0.05, 0.1) is 0 Å². The summed E-state index contributed by atoms with van der Waals surface area (Å²) in [6, 6.07) is 20.7. The lowest BCUT2D eigenvalue weighted by Gasteiger charge is -1.95. The number of carbonyl (C=O) groups is 1. The Labute approximate surface area is 113 Å². The summed E-state index contributed by atoms with van der Waals surface area (Å²) in [5, 5.41) is 4.75. The van der Waals surface area contributed by atoms with Crippen LogP contribution in [0.4, 0.5) is 0 Å². The lowest BCUT2D eigenvalue weighted by Crippen LogP contribution is -2.07. The second-order valence-electron chi connectivity index (χ2n) is 3.76. The van der Waals surface area contributed by atoms with E-state index in [1.165, 1.54) is 22.4 Å². The van der Waals surface area contributed by atoms with Gasteiger partial charge in [0.15, 0.2) is 28.4 Å². The molecule has 18 heavy (non-hydrogen) atoms. The summed E-state index contributed by atoms with van der Waals surface area (Å²) < 4.78 is 0. The summed E-state index contributed by atoms with van der Waals surface area (Å²) >= 11 is 1.29. The maximum atomic E-state index is 11.2. The summed E-state index contributed by atoms with van der Waals surface area (Å²) in [5.74, 6) is 0. The van der Waals surface area contributed by atoms with Crippen LogP contribution in [0.15, 0.2) is 60.7 Å². The van der Waals surface area contributed by atoms with E-state index in [1.54, 1.807) is 6.92 Å². The highest BCUT2D eigenvalue weighted by Gasteiger charge is 2.17. The number of carbonyl (C=O) groups excluding carboxylic acids is 1. The Balaban J connectivity index is 2.42. The molecule has 2 aromatic rings. The Morgan fingerprint density at radius 2 is 1.39 bits per heavy atom. The molecule has 0 fully saturated rings. The zero-order valence-electron chi connectivity index (χ0n) is 10.1. The molecule has 3 heteroatoms. The van der Waals surface area contributed by atoms with Gasteiger partial charge in [-0.05, 0) is 36.0 Å². The van der Waals surface area contributed by atoms with Gasteiger partial charge in [0, 0.05) is 6.92 Å². The first-order valence-electron chi connectivity index (χ1n) is 5.67. The SMILES string of the molecule is CC(=O)SC=[P+](c1ccccc1)c1ccccc1. The number of hydrogen-bond donors (Lipinski definition) is 0. The van der Waals surface area contributed by atoms with Crippen molar-refractivity contribution < 1.29 is 4.79 Å². The van der Waals surface area contributed by atoms with Crippen LogP contribution in [0, 0.1) is 0 Å². The van der Waals surface area contributed by atoms with Crippen molar-refractivity contribution in [1.29, 1.82) is 0 Å². The lowest BCUT2D eigenvalue weighted by molar-refractivity contribution is -0.109. The van der Waals surface area contributed by atoms with E-state index in [2.05, 4.69) is 29.4 Å². The van der Waals surface area contributed by atoms with Crippen molar-refractivity contribution in [2.24, 2.45) is 0 Å². The molecule has 0 aromatic heterocycles. The lowest BCUT2D eigenvalue weighted by atomic mass is 10.4. The quantitative estimate of drug-likeness (QED) is 0.799. The van der Waals surface area contributed by atoms with E-state index in [9.17, 15) is 4.79 Å². The van der Waals surface area contributed by atoms with Gasteiger partial charge in [-0.1, -0.05) is 36.4 Å². The molecule has 2 rings (SSSR count). The van der Waals surface area contributed by atoms with Gasteiger partial charge in [-0.3, -0.25) is 4.79 Å². The van der Waals surface area contributed by atoms with E-state index in [1.807, 2.05) is 36.4 Å². The van der Waals surface area contributed by atoms with Gasteiger partial charge in [0.1, 0.15) is 0 Å². The first-order valence-corrected chi connectivity index (χ1v) is 7.96. The fourth-order valence-electron chi connectivity index (χ4n) is 1.57. The Hall–Kier alpha value is -1.37. The van der Waals surface area contributed by atoms with Gasteiger partial charge < -0.3 is 0 Å². The molecule has 0 aliphatic rings. The van der Waals surface area contributed by atoms with Crippen molar-refractivity contribution in [3.63, 3.8) is 0 Å². The van der Waals surface area contributed by atoms with Crippen LogP contribution in [0.2, 0.25) is 0 Å². The normalized spacial score (nSPS) is 9.83. The summed E-state index contributed by atoms with van der Waals surface area (Å²) in [6.45, 7) is 1.60. The van der Waals surface area contributed by atoms with Gasteiger partial charge >= 0.3 is 0 Å². The highest BCUT2D eigenvalue weighted by Crippen LogP contribution is 2.23. The van der Waals surface area contributed by atoms with Crippen molar-refractivity contribution in [3.8, 4) is 0 Å². The Kier molecular flexibility index (Phi) is 4.74. The maximum absolute atomic E-state index is 11.2. The van der Waals surface area contributed by atoms with E-state index >= 15 is 0 Å². The topological polar surface area (TPSA) is 17.1 Å². The molecular formula is C15H14OPS+. The van der Waals surface area contributed by atoms with Crippen LogP contribution < -0.4 is 10.6 Å². The van der Waals surface area contributed by atoms with Crippen LogP contribution >= 0.6 is 19.3 Å². The zero-order chi connectivity index (χ0) is 12.8. The number of rotatable bonds is 3. The predicted octanol–water partition coefficient (Wildman–Crippen LogP) is 3.16. The fourth-order valence-corrected chi connectivity index (χ4v) is 4.85. The van der Waals surface area contributed by atoms with E-state index in [0.717, 1.165) is 0 Å². The van der Waals surface area contributed by atoms with E-state index < -0.39 is 7.55 Å². The van der Waals surface area contributed by atoms with Gasteiger partial charge in [0.2, 0.25) is 0 Å². The van der Waals surface area contributed by atoms with Gasteiger partial charge in [-0.2, -0.15) is 0 Å². The monoisotopic (exact) mass is 273 g/mol. The average molecular weight is 273 g/mol. The third kappa shape index (κ3) is 3.56. The molecule has 0 spiro atoms. The molecule has 0 unspecified atom stereocenters. The molecule has 0 radical (unpaired) electrons. The first kappa shape index (κ1) is 13.1. The highest BCUT2D eigenvalue weighted by atomic mass is 32.2.